The van der Waals surface area contributed by atoms with Gasteiger partial charge in [0.2, 0.25) is 0 Å². The van der Waals surface area contributed by atoms with E-state index in [1.165, 1.54) is 6.07 Å². The summed E-state index contributed by atoms with van der Waals surface area (Å²) in [6.07, 6.45) is 0. The number of aryl methyl sites for hydroxylation is 1. The molecule has 0 aliphatic rings. The van der Waals surface area contributed by atoms with Crippen LogP contribution in [0.3, 0.4) is 0 Å². The van der Waals surface area contributed by atoms with Crippen LogP contribution in [-0.2, 0) is 0 Å². The predicted octanol–water partition coefficient (Wildman–Crippen LogP) is -1.27. The molecule has 0 N–H and O–H groups in total. The Morgan fingerprint density at radius 2 is 2.00 bits per heavy atom. The number of halogens is 1. The summed E-state index contributed by atoms with van der Waals surface area (Å²) in [5.41, 5.74) is 0.837. The SMILES string of the molecule is Cc1cccc([O-])c1Cl.[Na+]. The minimum Gasteiger partial charge on any atom is -0.871 e. The first-order valence-corrected chi connectivity index (χ1v) is 3.02. The summed E-state index contributed by atoms with van der Waals surface area (Å²) < 4.78 is 0. The number of benzene rings is 1. The van der Waals surface area contributed by atoms with Crippen LogP contribution in [0.1, 0.15) is 5.56 Å². The zero-order valence-corrected chi connectivity index (χ0v) is 8.77. The van der Waals surface area contributed by atoms with Gasteiger partial charge >= 0.3 is 29.6 Å². The van der Waals surface area contributed by atoms with Gasteiger partial charge in [0.15, 0.2) is 0 Å². The first-order valence-electron chi connectivity index (χ1n) is 2.64. The van der Waals surface area contributed by atoms with Gasteiger partial charge in [0.25, 0.3) is 0 Å². The Balaban J connectivity index is 0.000000810. The van der Waals surface area contributed by atoms with Crippen LogP contribution in [0.15, 0.2) is 18.2 Å². The van der Waals surface area contributed by atoms with Crippen LogP contribution in [0.25, 0.3) is 0 Å². The molecule has 0 aliphatic heterocycles. The van der Waals surface area contributed by atoms with Gasteiger partial charge in [0, 0.05) is 5.02 Å². The monoisotopic (exact) mass is 164 g/mol. The van der Waals surface area contributed by atoms with Gasteiger partial charge in [-0.2, -0.15) is 0 Å². The van der Waals surface area contributed by atoms with Gasteiger partial charge in [-0.15, -0.1) is 0 Å². The number of rotatable bonds is 0. The average molecular weight is 165 g/mol. The van der Waals surface area contributed by atoms with E-state index in [-0.39, 0.29) is 35.3 Å². The van der Waals surface area contributed by atoms with E-state index in [1.54, 1.807) is 6.07 Å². The van der Waals surface area contributed by atoms with Crippen LogP contribution in [0.4, 0.5) is 0 Å². The average Bonchev–Trinajstić information content (AvgIpc) is 1.83. The van der Waals surface area contributed by atoms with Gasteiger partial charge in [-0.1, -0.05) is 35.5 Å². The van der Waals surface area contributed by atoms with E-state index in [9.17, 15) is 5.11 Å². The van der Waals surface area contributed by atoms with Crippen molar-refractivity contribution in [2.45, 2.75) is 6.92 Å². The predicted molar refractivity (Wildman–Crippen MR) is 35.6 cm³/mol. The second-order valence-electron chi connectivity index (χ2n) is 1.89. The molecule has 48 valence electrons. The maximum atomic E-state index is 10.7. The molecule has 1 rings (SSSR count). The molecule has 0 aromatic heterocycles. The standard InChI is InChI=1S/C7H7ClO.Na/c1-5-3-2-4-6(9)7(5)8;/h2-4,9H,1H3;/q;+1/p-1. The van der Waals surface area contributed by atoms with Gasteiger partial charge in [-0.3, -0.25) is 0 Å². The number of hydrogen-bond acceptors (Lipinski definition) is 1. The molecular weight excluding hydrogens is 159 g/mol. The second kappa shape index (κ2) is 4.24. The van der Waals surface area contributed by atoms with Crippen molar-refractivity contribution in [2.24, 2.45) is 0 Å². The van der Waals surface area contributed by atoms with Gasteiger partial charge in [0.05, 0.1) is 0 Å². The molecule has 0 saturated heterocycles. The maximum Gasteiger partial charge on any atom is 1.00 e. The summed E-state index contributed by atoms with van der Waals surface area (Å²) in [6, 6.07) is 4.96. The molecule has 3 heteroatoms. The topological polar surface area (TPSA) is 23.1 Å². The van der Waals surface area contributed by atoms with Crippen LogP contribution >= 0.6 is 11.6 Å². The molecule has 0 unspecified atom stereocenters. The van der Waals surface area contributed by atoms with Gasteiger partial charge in [0.1, 0.15) is 0 Å². The zero-order chi connectivity index (χ0) is 6.85. The van der Waals surface area contributed by atoms with Crippen molar-refractivity contribution >= 4 is 11.6 Å². The Morgan fingerprint density at radius 1 is 1.40 bits per heavy atom. The molecule has 0 atom stereocenters. The Kier molecular flexibility index (Phi) is 4.37. The second-order valence-corrected chi connectivity index (χ2v) is 2.26. The van der Waals surface area contributed by atoms with Crippen molar-refractivity contribution in [2.75, 3.05) is 0 Å². The van der Waals surface area contributed by atoms with E-state index >= 15 is 0 Å². The molecule has 1 aromatic carbocycles. The molecule has 0 saturated carbocycles. The van der Waals surface area contributed by atoms with Crippen molar-refractivity contribution in [3.63, 3.8) is 0 Å². The van der Waals surface area contributed by atoms with E-state index in [2.05, 4.69) is 0 Å². The zero-order valence-electron chi connectivity index (χ0n) is 6.02. The Labute approximate surface area is 87.3 Å². The summed E-state index contributed by atoms with van der Waals surface area (Å²) in [5, 5.41) is 11.0. The Hall–Kier alpha value is 0.310. The van der Waals surface area contributed by atoms with Crippen LogP contribution in [0.2, 0.25) is 5.02 Å². The minimum atomic E-state index is -0.100. The molecule has 0 spiro atoms. The molecule has 0 aliphatic carbocycles. The van der Waals surface area contributed by atoms with Gasteiger partial charge in [-0.25, -0.2) is 0 Å². The molecule has 0 amide bonds. The first-order chi connectivity index (χ1) is 4.22. The van der Waals surface area contributed by atoms with Crippen LogP contribution in [0.5, 0.6) is 5.75 Å². The summed E-state index contributed by atoms with van der Waals surface area (Å²) in [6.45, 7) is 1.81. The van der Waals surface area contributed by atoms with Crippen LogP contribution in [0, 0.1) is 6.92 Å². The van der Waals surface area contributed by atoms with E-state index in [0.717, 1.165) is 5.56 Å². The fraction of sp³-hybridized carbons (Fsp3) is 0.143. The largest absolute Gasteiger partial charge is 1.00 e. The fourth-order valence-corrected chi connectivity index (χ4v) is 0.746. The molecule has 0 heterocycles. The third-order valence-electron chi connectivity index (χ3n) is 1.16. The molecule has 1 aromatic rings. The maximum absolute atomic E-state index is 10.7. The third-order valence-corrected chi connectivity index (χ3v) is 1.64. The van der Waals surface area contributed by atoms with Crippen molar-refractivity contribution < 1.29 is 34.7 Å². The summed E-state index contributed by atoms with van der Waals surface area (Å²) in [4.78, 5) is 0. The van der Waals surface area contributed by atoms with E-state index < -0.39 is 0 Å². The van der Waals surface area contributed by atoms with Gasteiger partial charge in [-0.05, 0) is 12.5 Å². The van der Waals surface area contributed by atoms with E-state index in [1.807, 2.05) is 13.0 Å². The Morgan fingerprint density at radius 3 is 2.40 bits per heavy atom. The van der Waals surface area contributed by atoms with Crippen LogP contribution < -0.4 is 34.7 Å². The molecule has 0 bridgehead atoms. The summed E-state index contributed by atoms with van der Waals surface area (Å²) in [7, 11) is 0. The quantitative estimate of drug-likeness (QED) is 0.439. The normalized spacial score (nSPS) is 8.60. The van der Waals surface area contributed by atoms with E-state index in [4.69, 9.17) is 11.6 Å². The minimum absolute atomic E-state index is 0. The van der Waals surface area contributed by atoms with E-state index in [0.29, 0.717) is 5.02 Å². The number of hydrogen-bond donors (Lipinski definition) is 0. The van der Waals surface area contributed by atoms with Crippen molar-refractivity contribution in [1.29, 1.82) is 0 Å². The molecular formula is C7H6ClNaO. The molecule has 0 radical (unpaired) electrons. The third kappa shape index (κ3) is 2.17. The van der Waals surface area contributed by atoms with Gasteiger partial charge < -0.3 is 5.11 Å². The first kappa shape index (κ1) is 10.3. The van der Waals surface area contributed by atoms with Crippen molar-refractivity contribution in [3.05, 3.63) is 28.8 Å². The molecule has 1 nitrogen and oxygen atoms in total. The Bertz CT molecular complexity index is 205. The summed E-state index contributed by atoms with van der Waals surface area (Å²) in [5.74, 6) is -0.100. The van der Waals surface area contributed by atoms with Crippen LogP contribution in [-0.4, -0.2) is 0 Å². The van der Waals surface area contributed by atoms with Crippen molar-refractivity contribution in [3.8, 4) is 5.75 Å². The fourth-order valence-electron chi connectivity index (χ4n) is 0.621. The molecule has 10 heavy (non-hydrogen) atoms. The molecule has 0 fully saturated rings. The smallest absolute Gasteiger partial charge is 0.871 e. The summed E-state index contributed by atoms with van der Waals surface area (Å²) >= 11 is 5.57. The van der Waals surface area contributed by atoms with Crippen molar-refractivity contribution in [1.82, 2.24) is 0 Å².